The smallest absolute Gasteiger partial charge is 0.00932 e. The Morgan fingerprint density at radius 3 is 2.55 bits per heavy atom. The topological polar surface area (TPSA) is 26.0 Å². The molecule has 1 aliphatic carbocycles. The van der Waals surface area contributed by atoms with Gasteiger partial charge in [-0.2, -0.15) is 0 Å². The molecule has 0 saturated heterocycles. The second kappa shape index (κ2) is 4.10. The molecule has 0 aromatic heterocycles. The molecule has 1 heteroatoms. The molecule has 0 amide bonds. The van der Waals surface area contributed by atoms with Gasteiger partial charge in [0.15, 0.2) is 0 Å². The molecule has 0 aliphatic heterocycles. The van der Waals surface area contributed by atoms with Crippen molar-refractivity contribution in [1.29, 1.82) is 0 Å². The third-order valence-corrected chi connectivity index (χ3v) is 3.05. The Hall–Kier alpha value is -0.0400. The fourth-order valence-electron chi connectivity index (χ4n) is 2.03. The average molecular weight is 155 g/mol. The Balaban J connectivity index is 2.01. The van der Waals surface area contributed by atoms with E-state index in [-0.39, 0.29) is 0 Å². The van der Waals surface area contributed by atoms with Crippen molar-refractivity contribution in [2.75, 3.05) is 0 Å². The molecule has 0 heterocycles. The monoisotopic (exact) mass is 155 g/mol. The first-order valence-corrected chi connectivity index (χ1v) is 5.01. The van der Waals surface area contributed by atoms with E-state index in [1.165, 1.54) is 32.1 Å². The van der Waals surface area contributed by atoms with Crippen LogP contribution in [0.1, 0.15) is 46.0 Å². The zero-order chi connectivity index (χ0) is 8.27. The van der Waals surface area contributed by atoms with Gasteiger partial charge >= 0.3 is 0 Å². The van der Waals surface area contributed by atoms with Crippen LogP contribution in [-0.4, -0.2) is 6.04 Å². The highest BCUT2D eigenvalue weighted by molar-refractivity contribution is 4.89. The molecule has 1 aliphatic rings. The number of hydrogen-bond acceptors (Lipinski definition) is 1. The molecule has 1 saturated carbocycles. The Kier molecular flexibility index (Phi) is 3.38. The summed E-state index contributed by atoms with van der Waals surface area (Å²) in [6.07, 6.45) is 6.86. The molecule has 66 valence electrons. The summed E-state index contributed by atoms with van der Waals surface area (Å²) in [6.45, 7) is 4.52. The standard InChI is InChI=1S/C10H21N/c1-3-4-5-6-9-7-8(2)10(9)11/h8-10H,3-7,11H2,1-2H3. The van der Waals surface area contributed by atoms with E-state index in [0.29, 0.717) is 6.04 Å². The van der Waals surface area contributed by atoms with E-state index in [9.17, 15) is 0 Å². The molecule has 3 atom stereocenters. The van der Waals surface area contributed by atoms with Crippen molar-refractivity contribution >= 4 is 0 Å². The van der Waals surface area contributed by atoms with Crippen molar-refractivity contribution in [3.8, 4) is 0 Å². The maximum Gasteiger partial charge on any atom is 0.00932 e. The molecule has 1 fully saturated rings. The molecule has 2 N–H and O–H groups in total. The fraction of sp³-hybridized carbons (Fsp3) is 1.00. The Morgan fingerprint density at radius 2 is 2.09 bits per heavy atom. The van der Waals surface area contributed by atoms with Gasteiger partial charge in [-0.15, -0.1) is 0 Å². The molecule has 0 spiro atoms. The van der Waals surface area contributed by atoms with Crippen molar-refractivity contribution in [2.24, 2.45) is 17.6 Å². The van der Waals surface area contributed by atoms with Crippen molar-refractivity contribution in [3.63, 3.8) is 0 Å². The van der Waals surface area contributed by atoms with Crippen LogP contribution in [0.3, 0.4) is 0 Å². The van der Waals surface area contributed by atoms with Gasteiger partial charge in [0.05, 0.1) is 0 Å². The summed E-state index contributed by atoms with van der Waals surface area (Å²) >= 11 is 0. The SMILES string of the molecule is CCCCCC1CC(C)C1N. The predicted octanol–water partition coefficient (Wildman–Crippen LogP) is 2.55. The van der Waals surface area contributed by atoms with Crippen LogP contribution >= 0.6 is 0 Å². The maximum atomic E-state index is 5.95. The fourth-order valence-corrected chi connectivity index (χ4v) is 2.03. The van der Waals surface area contributed by atoms with E-state index in [0.717, 1.165) is 11.8 Å². The Bertz CT molecular complexity index is 111. The Labute approximate surface area is 70.4 Å². The average Bonchev–Trinajstić information content (AvgIpc) is 2.03. The first-order valence-electron chi connectivity index (χ1n) is 5.01. The summed E-state index contributed by atoms with van der Waals surface area (Å²) in [5.41, 5.74) is 5.95. The summed E-state index contributed by atoms with van der Waals surface area (Å²) in [5.74, 6) is 1.65. The van der Waals surface area contributed by atoms with Gasteiger partial charge in [-0.05, 0) is 24.7 Å². The van der Waals surface area contributed by atoms with E-state index in [1.807, 2.05) is 0 Å². The first-order chi connectivity index (χ1) is 5.25. The molecule has 1 rings (SSSR count). The molecule has 0 bridgehead atoms. The van der Waals surface area contributed by atoms with E-state index in [4.69, 9.17) is 5.73 Å². The van der Waals surface area contributed by atoms with Crippen LogP contribution in [0.25, 0.3) is 0 Å². The lowest BCUT2D eigenvalue weighted by Gasteiger charge is -2.40. The zero-order valence-corrected chi connectivity index (χ0v) is 7.84. The first kappa shape index (κ1) is 9.05. The highest BCUT2D eigenvalue weighted by atomic mass is 14.7. The van der Waals surface area contributed by atoms with Crippen molar-refractivity contribution < 1.29 is 0 Å². The molecule has 3 unspecified atom stereocenters. The van der Waals surface area contributed by atoms with Crippen LogP contribution in [0.5, 0.6) is 0 Å². The number of unbranched alkanes of at least 4 members (excludes halogenated alkanes) is 2. The van der Waals surface area contributed by atoms with Gasteiger partial charge in [0.2, 0.25) is 0 Å². The summed E-state index contributed by atoms with van der Waals surface area (Å²) in [5, 5.41) is 0. The molecular weight excluding hydrogens is 134 g/mol. The van der Waals surface area contributed by atoms with Gasteiger partial charge in [0.25, 0.3) is 0 Å². The highest BCUT2D eigenvalue weighted by Crippen LogP contribution is 2.35. The second-order valence-electron chi connectivity index (χ2n) is 4.05. The summed E-state index contributed by atoms with van der Waals surface area (Å²) < 4.78 is 0. The van der Waals surface area contributed by atoms with Crippen LogP contribution in [0.2, 0.25) is 0 Å². The number of hydrogen-bond donors (Lipinski definition) is 1. The van der Waals surface area contributed by atoms with Gasteiger partial charge in [0.1, 0.15) is 0 Å². The summed E-state index contributed by atoms with van der Waals surface area (Å²) in [7, 11) is 0. The Morgan fingerprint density at radius 1 is 1.36 bits per heavy atom. The van der Waals surface area contributed by atoms with E-state index < -0.39 is 0 Å². The minimum absolute atomic E-state index is 0.520. The van der Waals surface area contributed by atoms with Gasteiger partial charge in [-0.1, -0.05) is 33.1 Å². The highest BCUT2D eigenvalue weighted by Gasteiger charge is 2.33. The van der Waals surface area contributed by atoms with E-state index >= 15 is 0 Å². The quantitative estimate of drug-likeness (QED) is 0.620. The third-order valence-electron chi connectivity index (χ3n) is 3.05. The molecule has 11 heavy (non-hydrogen) atoms. The maximum absolute atomic E-state index is 5.95. The minimum Gasteiger partial charge on any atom is -0.327 e. The largest absolute Gasteiger partial charge is 0.327 e. The van der Waals surface area contributed by atoms with Crippen LogP contribution in [-0.2, 0) is 0 Å². The van der Waals surface area contributed by atoms with Gasteiger partial charge in [-0.25, -0.2) is 0 Å². The number of rotatable bonds is 4. The predicted molar refractivity (Wildman–Crippen MR) is 49.4 cm³/mol. The lowest BCUT2D eigenvalue weighted by molar-refractivity contribution is 0.147. The second-order valence-corrected chi connectivity index (χ2v) is 4.05. The number of nitrogens with two attached hydrogens (primary N) is 1. The van der Waals surface area contributed by atoms with E-state index in [1.54, 1.807) is 0 Å². The van der Waals surface area contributed by atoms with Gasteiger partial charge in [-0.3, -0.25) is 0 Å². The van der Waals surface area contributed by atoms with Crippen molar-refractivity contribution in [3.05, 3.63) is 0 Å². The van der Waals surface area contributed by atoms with Crippen LogP contribution in [0, 0.1) is 11.8 Å². The van der Waals surface area contributed by atoms with Crippen LogP contribution in [0.15, 0.2) is 0 Å². The van der Waals surface area contributed by atoms with Gasteiger partial charge < -0.3 is 5.73 Å². The summed E-state index contributed by atoms with van der Waals surface area (Å²) in [6, 6.07) is 0.520. The minimum atomic E-state index is 0.520. The lowest BCUT2D eigenvalue weighted by atomic mass is 9.69. The molecule has 0 aromatic carbocycles. The van der Waals surface area contributed by atoms with Crippen LogP contribution < -0.4 is 5.73 Å². The zero-order valence-electron chi connectivity index (χ0n) is 7.84. The van der Waals surface area contributed by atoms with E-state index in [2.05, 4.69) is 13.8 Å². The molecule has 0 radical (unpaired) electrons. The van der Waals surface area contributed by atoms with Crippen molar-refractivity contribution in [2.45, 2.75) is 52.0 Å². The summed E-state index contributed by atoms with van der Waals surface area (Å²) in [4.78, 5) is 0. The normalized spacial score (nSPS) is 36.8. The molecule has 0 aromatic rings. The third kappa shape index (κ3) is 2.19. The van der Waals surface area contributed by atoms with Gasteiger partial charge in [0, 0.05) is 6.04 Å². The van der Waals surface area contributed by atoms with Crippen molar-refractivity contribution in [1.82, 2.24) is 0 Å². The molecular formula is C10H21N. The molecule has 1 nitrogen and oxygen atoms in total. The van der Waals surface area contributed by atoms with Crippen LogP contribution in [0.4, 0.5) is 0 Å². The lowest BCUT2D eigenvalue weighted by Crippen LogP contribution is -2.46.